The van der Waals surface area contributed by atoms with E-state index in [-0.39, 0.29) is 12.5 Å². The Bertz CT molecular complexity index is 1300. The average Bonchev–Trinajstić information content (AvgIpc) is 3.36. The minimum atomic E-state index is -0.463. The Morgan fingerprint density at radius 2 is 2.03 bits per heavy atom. The summed E-state index contributed by atoms with van der Waals surface area (Å²) in [6.45, 7) is 4.51. The number of anilines is 1. The highest BCUT2D eigenvalue weighted by Crippen LogP contribution is 2.24. The number of ether oxygens (including phenoxy) is 1. The summed E-state index contributed by atoms with van der Waals surface area (Å²) in [4.78, 5) is 28.9. The molecular weight excluding hydrogens is 523 g/mol. The van der Waals surface area contributed by atoms with Crippen LogP contribution < -0.4 is 5.32 Å². The molecule has 1 N–H and O–H groups in total. The summed E-state index contributed by atoms with van der Waals surface area (Å²) in [5.41, 5.74) is 4.00. The van der Waals surface area contributed by atoms with Crippen molar-refractivity contribution in [1.29, 1.82) is 0 Å². The van der Waals surface area contributed by atoms with Crippen molar-refractivity contribution >= 4 is 45.8 Å². The molecule has 0 bridgehead atoms. The molecule has 0 aliphatic heterocycles. The molecule has 9 nitrogen and oxygen atoms in total. The fourth-order valence-corrected chi connectivity index (χ4v) is 3.70. The second-order valence-electron chi connectivity index (χ2n) is 7.02. The van der Waals surface area contributed by atoms with Crippen LogP contribution in [-0.4, -0.2) is 42.9 Å². The van der Waals surface area contributed by atoms with Crippen LogP contribution in [0.25, 0.3) is 16.9 Å². The number of esters is 1. The molecule has 0 fully saturated rings. The molecule has 0 saturated carbocycles. The van der Waals surface area contributed by atoms with Crippen molar-refractivity contribution in [3.63, 3.8) is 0 Å². The molecule has 0 radical (unpaired) electrons. The fraction of sp³-hybridized carbons (Fsp3) is 0.227. The fourth-order valence-electron chi connectivity index (χ4n) is 3.30. The number of hydrogen-bond donors (Lipinski definition) is 1. The zero-order chi connectivity index (χ0) is 22.7. The number of halogens is 1. The van der Waals surface area contributed by atoms with Gasteiger partial charge in [-0.15, -0.1) is 0 Å². The van der Waals surface area contributed by atoms with E-state index in [1.165, 1.54) is 6.20 Å². The van der Waals surface area contributed by atoms with Crippen LogP contribution in [0.3, 0.4) is 0 Å². The number of aromatic nitrogens is 5. The summed E-state index contributed by atoms with van der Waals surface area (Å²) in [5, 5.41) is 11.5. The van der Waals surface area contributed by atoms with Crippen LogP contribution in [0.2, 0.25) is 0 Å². The van der Waals surface area contributed by atoms with Crippen molar-refractivity contribution in [2.75, 3.05) is 11.9 Å². The second-order valence-corrected chi connectivity index (χ2v) is 8.19. The van der Waals surface area contributed by atoms with Gasteiger partial charge in [0.1, 0.15) is 5.56 Å². The third-order valence-corrected chi connectivity index (χ3v) is 5.99. The summed E-state index contributed by atoms with van der Waals surface area (Å²) in [5.74, 6) is -0.564. The van der Waals surface area contributed by atoms with E-state index in [9.17, 15) is 9.59 Å². The first-order chi connectivity index (χ1) is 15.5. The van der Waals surface area contributed by atoms with Gasteiger partial charge in [0, 0.05) is 29.6 Å². The van der Waals surface area contributed by atoms with Gasteiger partial charge in [0.25, 0.3) is 0 Å². The summed E-state index contributed by atoms with van der Waals surface area (Å²) in [6, 6.07) is 9.26. The molecule has 1 amide bonds. The van der Waals surface area contributed by atoms with E-state index in [2.05, 4.69) is 43.1 Å². The van der Waals surface area contributed by atoms with Gasteiger partial charge in [0.15, 0.2) is 5.65 Å². The first-order valence-electron chi connectivity index (χ1n) is 10.1. The highest BCUT2D eigenvalue weighted by atomic mass is 127. The molecule has 3 aromatic heterocycles. The van der Waals surface area contributed by atoms with Gasteiger partial charge < -0.3 is 10.1 Å². The molecule has 0 atom stereocenters. The Hall–Kier alpha value is -3.28. The van der Waals surface area contributed by atoms with Gasteiger partial charge in [-0.3, -0.25) is 9.48 Å². The molecule has 4 aromatic rings. The topological polar surface area (TPSA) is 103 Å². The third-order valence-electron chi connectivity index (χ3n) is 4.93. The lowest BCUT2D eigenvalue weighted by atomic mass is 10.1. The Kier molecular flexibility index (Phi) is 6.49. The number of amides is 1. The number of nitrogens with zero attached hydrogens (tertiary/aromatic N) is 5. The van der Waals surface area contributed by atoms with E-state index in [1.807, 2.05) is 35.9 Å². The van der Waals surface area contributed by atoms with Crippen molar-refractivity contribution < 1.29 is 14.3 Å². The maximum Gasteiger partial charge on any atom is 0.343 e. The molecule has 0 saturated heterocycles. The first-order valence-corrected chi connectivity index (χ1v) is 11.1. The molecule has 0 aliphatic rings. The Morgan fingerprint density at radius 1 is 1.19 bits per heavy atom. The van der Waals surface area contributed by atoms with E-state index in [4.69, 9.17) is 4.74 Å². The van der Waals surface area contributed by atoms with Crippen LogP contribution in [0.1, 0.15) is 29.4 Å². The monoisotopic (exact) mass is 544 g/mol. The number of fused-ring (bicyclic) bond motifs is 1. The van der Waals surface area contributed by atoms with Gasteiger partial charge in [-0.05, 0) is 54.6 Å². The van der Waals surface area contributed by atoms with Gasteiger partial charge in [0.05, 0.1) is 34.8 Å². The molecule has 0 aliphatic carbocycles. The van der Waals surface area contributed by atoms with Gasteiger partial charge in [0.2, 0.25) is 5.91 Å². The van der Waals surface area contributed by atoms with Crippen LogP contribution in [0.15, 0.2) is 48.9 Å². The number of nitrogens with one attached hydrogen (secondary N) is 1. The van der Waals surface area contributed by atoms with E-state index in [0.717, 1.165) is 20.5 Å². The molecule has 10 heteroatoms. The minimum Gasteiger partial charge on any atom is -0.462 e. The number of carbonyl (C=O) groups excluding carboxylic acids is 2. The SMILES string of the molecule is CCOC(=O)c1cnn2c(-c3cccc(NC(=O)CCn4ncc(I)c4C)c3)ccnc12. The number of aryl methyl sites for hydroxylation is 1. The number of carbonyl (C=O) groups is 2. The summed E-state index contributed by atoms with van der Waals surface area (Å²) in [7, 11) is 0. The Labute approximate surface area is 197 Å². The summed E-state index contributed by atoms with van der Waals surface area (Å²) >= 11 is 2.22. The molecule has 32 heavy (non-hydrogen) atoms. The van der Waals surface area contributed by atoms with Crippen LogP contribution in [0, 0.1) is 10.5 Å². The minimum absolute atomic E-state index is 0.101. The first kappa shape index (κ1) is 21.9. The summed E-state index contributed by atoms with van der Waals surface area (Å²) < 4.78 is 9.57. The molecule has 164 valence electrons. The van der Waals surface area contributed by atoms with E-state index in [0.29, 0.717) is 29.9 Å². The highest BCUT2D eigenvalue weighted by molar-refractivity contribution is 14.1. The zero-order valence-electron chi connectivity index (χ0n) is 17.6. The average molecular weight is 544 g/mol. The third kappa shape index (κ3) is 4.49. The Morgan fingerprint density at radius 3 is 2.78 bits per heavy atom. The van der Waals surface area contributed by atoms with Gasteiger partial charge >= 0.3 is 5.97 Å². The van der Waals surface area contributed by atoms with Crippen LogP contribution in [0.4, 0.5) is 5.69 Å². The van der Waals surface area contributed by atoms with Crippen molar-refractivity contribution in [2.24, 2.45) is 0 Å². The maximum atomic E-state index is 12.5. The van der Waals surface area contributed by atoms with Gasteiger partial charge in [-0.2, -0.15) is 10.2 Å². The number of rotatable bonds is 7. The lowest BCUT2D eigenvalue weighted by molar-refractivity contribution is -0.116. The number of benzene rings is 1. The predicted octanol–water partition coefficient (Wildman–Crippen LogP) is 3.71. The summed E-state index contributed by atoms with van der Waals surface area (Å²) in [6.07, 6.45) is 5.17. The quantitative estimate of drug-likeness (QED) is 0.281. The largest absolute Gasteiger partial charge is 0.462 e. The van der Waals surface area contributed by atoms with Crippen LogP contribution in [0.5, 0.6) is 0 Å². The van der Waals surface area contributed by atoms with E-state index in [1.54, 1.807) is 29.9 Å². The lowest BCUT2D eigenvalue weighted by Crippen LogP contribution is -2.15. The molecular formula is C22H21IN6O3. The molecule has 4 rings (SSSR count). The zero-order valence-corrected chi connectivity index (χ0v) is 19.7. The molecule has 1 aromatic carbocycles. The standard InChI is InChI=1S/C22H21IN6O3/c1-3-32-22(31)17-12-26-29-19(7-9-24-21(17)29)15-5-4-6-16(11-15)27-20(30)8-10-28-14(2)18(23)13-25-28/h4-7,9,11-13H,3,8,10H2,1-2H3,(H,27,30). The maximum absolute atomic E-state index is 12.5. The van der Waals surface area contributed by atoms with Crippen molar-refractivity contribution in [3.8, 4) is 11.3 Å². The van der Waals surface area contributed by atoms with Crippen LogP contribution in [-0.2, 0) is 16.1 Å². The second kappa shape index (κ2) is 9.47. The smallest absolute Gasteiger partial charge is 0.343 e. The number of hydrogen-bond acceptors (Lipinski definition) is 6. The predicted molar refractivity (Wildman–Crippen MR) is 127 cm³/mol. The molecule has 0 unspecified atom stereocenters. The molecule has 0 spiro atoms. The normalized spacial score (nSPS) is 11.0. The van der Waals surface area contributed by atoms with Crippen molar-refractivity contribution in [2.45, 2.75) is 26.8 Å². The van der Waals surface area contributed by atoms with Crippen molar-refractivity contribution in [3.05, 3.63) is 63.7 Å². The van der Waals surface area contributed by atoms with E-state index >= 15 is 0 Å². The van der Waals surface area contributed by atoms with Gasteiger partial charge in [-0.25, -0.2) is 14.3 Å². The van der Waals surface area contributed by atoms with Gasteiger partial charge in [-0.1, -0.05) is 12.1 Å². The van der Waals surface area contributed by atoms with Crippen molar-refractivity contribution in [1.82, 2.24) is 24.4 Å². The van der Waals surface area contributed by atoms with Crippen LogP contribution >= 0.6 is 22.6 Å². The highest BCUT2D eigenvalue weighted by Gasteiger charge is 2.17. The lowest BCUT2D eigenvalue weighted by Gasteiger charge is -2.10. The van der Waals surface area contributed by atoms with E-state index < -0.39 is 5.97 Å². The Balaban J connectivity index is 1.53. The molecule has 3 heterocycles.